The third kappa shape index (κ3) is 5.95. The van der Waals surface area contributed by atoms with Gasteiger partial charge in [0.05, 0.1) is 17.5 Å². The first kappa shape index (κ1) is 23.0. The second kappa shape index (κ2) is 10.6. The monoisotopic (exact) mass is 451 g/mol. The molecule has 0 aliphatic rings. The normalized spacial score (nSPS) is 13.2. The molecule has 0 radical (unpaired) electrons. The maximum Gasteiger partial charge on any atom is 0.243 e. The Labute approximate surface area is 190 Å². The zero-order valence-electron chi connectivity index (χ0n) is 17.5. The number of hydrogen-bond donors (Lipinski definition) is 0. The molecular weight excluding hydrogens is 426 g/mol. The molecule has 3 aromatic carbocycles. The number of rotatable bonds is 9. The smallest absolute Gasteiger partial charge is 0.207 e. The van der Waals surface area contributed by atoms with E-state index in [1.165, 1.54) is 4.31 Å². The lowest BCUT2D eigenvalue weighted by Gasteiger charge is -2.31. The van der Waals surface area contributed by atoms with E-state index in [2.05, 4.69) is 6.58 Å². The highest BCUT2D eigenvalue weighted by Gasteiger charge is 2.32. The summed E-state index contributed by atoms with van der Waals surface area (Å²) in [4.78, 5) is 0.243. The molecule has 0 fully saturated rings. The number of hydrogen-bond acceptors (Lipinski definition) is 2. The van der Waals surface area contributed by atoms with Crippen LogP contribution in [0, 0.1) is 6.92 Å². The molecule has 31 heavy (non-hydrogen) atoms. The molecule has 160 valence electrons. The first-order valence-corrected chi connectivity index (χ1v) is 11.9. The number of halogens is 1. The van der Waals surface area contributed by atoms with E-state index in [9.17, 15) is 8.42 Å². The van der Waals surface area contributed by atoms with Crippen LogP contribution in [-0.4, -0.2) is 19.3 Å². The van der Waals surface area contributed by atoms with Crippen molar-refractivity contribution < 1.29 is 8.42 Å². The predicted octanol–water partition coefficient (Wildman–Crippen LogP) is 6.58. The molecule has 0 N–H and O–H groups in total. The van der Waals surface area contributed by atoms with E-state index in [-0.39, 0.29) is 11.4 Å². The molecule has 3 rings (SSSR count). The molecular formula is C26H26ClNO2S. The van der Waals surface area contributed by atoms with Crippen molar-refractivity contribution in [2.24, 2.45) is 0 Å². The van der Waals surface area contributed by atoms with Crippen molar-refractivity contribution in [3.8, 4) is 0 Å². The van der Waals surface area contributed by atoms with Crippen molar-refractivity contribution in [2.45, 2.75) is 24.3 Å². The fraction of sp³-hybridized carbons (Fsp3) is 0.154. The summed E-state index contributed by atoms with van der Waals surface area (Å²) in [5.41, 5.74) is 2.81. The number of benzene rings is 3. The van der Waals surface area contributed by atoms with E-state index in [1.807, 2.05) is 67.6 Å². The van der Waals surface area contributed by atoms with Crippen LogP contribution in [0.15, 0.2) is 108 Å². The predicted molar refractivity (Wildman–Crippen MR) is 129 cm³/mol. The van der Waals surface area contributed by atoms with Crippen molar-refractivity contribution in [1.29, 1.82) is 0 Å². The first-order chi connectivity index (χ1) is 14.9. The number of sulfonamides is 1. The van der Waals surface area contributed by atoms with Crippen LogP contribution in [0.25, 0.3) is 6.08 Å². The van der Waals surface area contributed by atoms with Gasteiger partial charge in [-0.25, -0.2) is 8.42 Å². The molecule has 0 saturated carbocycles. The summed E-state index contributed by atoms with van der Waals surface area (Å²) in [5.74, 6) is 0. The molecule has 3 nitrogen and oxygen atoms in total. The lowest BCUT2D eigenvalue weighted by Crippen LogP contribution is -2.36. The number of aryl methyl sites for hydroxylation is 1. The standard InChI is InChI=1S/C26H26ClNO2S/c1-3-10-26(23-13-8-5-9-14-23)28(20-24(27)19-22-11-6-4-7-12-22)31(29,30)25-17-15-21(2)16-18-25/h3-9,11-19,26H,1,10,20H2,2H3/b24-19-. The Balaban J connectivity index is 2.07. The van der Waals surface area contributed by atoms with E-state index in [0.29, 0.717) is 11.5 Å². The second-order valence-electron chi connectivity index (χ2n) is 7.32. The maximum absolute atomic E-state index is 13.7. The topological polar surface area (TPSA) is 37.4 Å². The van der Waals surface area contributed by atoms with Crippen LogP contribution in [0.4, 0.5) is 0 Å². The molecule has 5 heteroatoms. The Morgan fingerprint density at radius 3 is 2.13 bits per heavy atom. The Morgan fingerprint density at radius 1 is 0.968 bits per heavy atom. The highest BCUT2D eigenvalue weighted by molar-refractivity contribution is 7.89. The van der Waals surface area contributed by atoms with Gasteiger partial charge >= 0.3 is 0 Å². The minimum Gasteiger partial charge on any atom is -0.207 e. The molecule has 0 aromatic heterocycles. The van der Waals surface area contributed by atoms with Gasteiger partial charge < -0.3 is 0 Å². The van der Waals surface area contributed by atoms with Crippen molar-refractivity contribution in [3.63, 3.8) is 0 Å². The molecule has 1 atom stereocenters. The largest absolute Gasteiger partial charge is 0.243 e. The molecule has 0 aliphatic heterocycles. The van der Waals surface area contributed by atoms with E-state index < -0.39 is 16.1 Å². The average molecular weight is 452 g/mol. The zero-order valence-corrected chi connectivity index (χ0v) is 19.1. The number of nitrogens with zero attached hydrogens (tertiary/aromatic N) is 1. The van der Waals surface area contributed by atoms with Gasteiger partial charge in [-0.3, -0.25) is 0 Å². The Morgan fingerprint density at radius 2 is 1.55 bits per heavy atom. The van der Waals surface area contributed by atoms with Crippen LogP contribution in [0.3, 0.4) is 0 Å². The van der Waals surface area contributed by atoms with Crippen LogP contribution in [0.2, 0.25) is 0 Å². The van der Waals surface area contributed by atoms with Gasteiger partial charge in [-0.2, -0.15) is 4.31 Å². The van der Waals surface area contributed by atoms with Gasteiger partial charge in [0.15, 0.2) is 0 Å². The summed E-state index contributed by atoms with van der Waals surface area (Å²) in [6.45, 7) is 5.84. The summed E-state index contributed by atoms with van der Waals surface area (Å²) >= 11 is 6.59. The quantitative estimate of drug-likeness (QED) is 0.344. The third-order valence-corrected chi connectivity index (χ3v) is 7.08. The van der Waals surface area contributed by atoms with Crippen LogP contribution >= 0.6 is 11.6 Å². The van der Waals surface area contributed by atoms with Gasteiger partial charge in [0.25, 0.3) is 0 Å². The summed E-state index contributed by atoms with van der Waals surface area (Å²) in [6, 6.07) is 25.7. The van der Waals surface area contributed by atoms with E-state index in [0.717, 1.165) is 16.7 Å². The van der Waals surface area contributed by atoms with Crippen LogP contribution in [-0.2, 0) is 10.0 Å². The minimum atomic E-state index is -3.81. The lowest BCUT2D eigenvalue weighted by molar-refractivity contribution is 0.349. The van der Waals surface area contributed by atoms with Crippen molar-refractivity contribution in [3.05, 3.63) is 119 Å². The molecule has 3 aromatic rings. The molecule has 1 unspecified atom stereocenters. The van der Waals surface area contributed by atoms with Gasteiger partial charge in [-0.15, -0.1) is 6.58 Å². The molecule has 0 aliphatic carbocycles. The van der Waals surface area contributed by atoms with E-state index >= 15 is 0 Å². The fourth-order valence-corrected chi connectivity index (χ4v) is 5.31. The summed E-state index contributed by atoms with van der Waals surface area (Å²) < 4.78 is 28.9. The van der Waals surface area contributed by atoms with Gasteiger partial charge in [0.1, 0.15) is 0 Å². The summed E-state index contributed by atoms with van der Waals surface area (Å²) in [7, 11) is -3.81. The average Bonchev–Trinajstić information content (AvgIpc) is 2.77. The van der Waals surface area contributed by atoms with Crippen LogP contribution in [0.5, 0.6) is 0 Å². The molecule has 0 heterocycles. The Hall–Kier alpha value is -2.66. The highest BCUT2D eigenvalue weighted by atomic mass is 35.5. The van der Waals surface area contributed by atoms with Gasteiger partial charge in [-0.05, 0) is 42.7 Å². The Bertz CT molecular complexity index is 1130. The fourth-order valence-electron chi connectivity index (χ4n) is 3.39. The summed E-state index contributed by atoms with van der Waals surface area (Å²) in [5, 5.41) is 0.437. The summed E-state index contributed by atoms with van der Waals surface area (Å²) in [6.07, 6.45) is 4.00. The van der Waals surface area contributed by atoms with Crippen molar-refractivity contribution in [1.82, 2.24) is 4.31 Å². The second-order valence-corrected chi connectivity index (χ2v) is 9.69. The van der Waals surface area contributed by atoms with E-state index in [4.69, 9.17) is 11.6 Å². The first-order valence-electron chi connectivity index (χ1n) is 10.1. The molecule has 0 bridgehead atoms. The minimum absolute atomic E-state index is 0.0556. The molecule has 0 amide bonds. The highest BCUT2D eigenvalue weighted by Crippen LogP contribution is 2.32. The van der Waals surface area contributed by atoms with Crippen molar-refractivity contribution in [2.75, 3.05) is 6.54 Å². The maximum atomic E-state index is 13.7. The van der Waals surface area contributed by atoms with Crippen LogP contribution in [0.1, 0.15) is 29.2 Å². The Kier molecular flexibility index (Phi) is 7.85. The SMILES string of the molecule is C=CCC(c1ccccc1)N(C/C(Cl)=C/c1ccccc1)S(=O)(=O)c1ccc(C)cc1. The lowest BCUT2D eigenvalue weighted by atomic mass is 10.0. The van der Waals surface area contributed by atoms with Gasteiger partial charge in [-0.1, -0.05) is 96.0 Å². The van der Waals surface area contributed by atoms with Crippen LogP contribution < -0.4 is 0 Å². The third-order valence-electron chi connectivity index (χ3n) is 4.98. The molecule has 0 spiro atoms. The van der Waals surface area contributed by atoms with Gasteiger partial charge in [0, 0.05) is 5.03 Å². The molecule has 0 saturated heterocycles. The van der Waals surface area contributed by atoms with E-state index in [1.54, 1.807) is 36.4 Å². The van der Waals surface area contributed by atoms with Crippen molar-refractivity contribution >= 4 is 27.7 Å². The zero-order chi connectivity index (χ0) is 22.3. The van der Waals surface area contributed by atoms with Gasteiger partial charge in [0.2, 0.25) is 10.0 Å².